The minimum atomic E-state index is 0.500. The molecule has 0 radical (unpaired) electrons. The number of rotatable bonds is 8. The molecule has 0 spiro atoms. The van der Waals surface area contributed by atoms with Gasteiger partial charge < -0.3 is 15.8 Å². The number of ether oxygens (including phenoxy) is 1. The van der Waals surface area contributed by atoms with Crippen LogP contribution in [0.2, 0.25) is 0 Å². The van der Waals surface area contributed by atoms with Crippen LogP contribution in [0.25, 0.3) is 0 Å². The third kappa shape index (κ3) is 5.48. The summed E-state index contributed by atoms with van der Waals surface area (Å²) in [6.45, 7) is 10.2. The SMILES string of the molecule is Cc1ccc(C)c(NCCCc2ccc(OCC(C)C)c(N)c2)c1. The molecule has 3 N–H and O–H groups in total. The van der Waals surface area contributed by atoms with Crippen LogP contribution in [0.3, 0.4) is 0 Å². The van der Waals surface area contributed by atoms with E-state index in [1.54, 1.807) is 0 Å². The van der Waals surface area contributed by atoms with Gasteiger partial charge in [-0.15, -0.1) is 0 Å². The lowest BCUT2D eigenvalue weighted by molar-refractivity contribution is 0.272. The summed E-state index contributed by atoms with van der Waals surface area (Å²) in [6.07, 6.45) is 2.07. The van der Waals surface area contributed by atoms with E-state index in [2.05, 4.69) is 57.3 Å². The van der Waals surface area contributed by atoms with Crippen molar-refractivity contribution in [2.75, 3.05) is 24.2 Å². The molecule has 0 saturated heterocycles. The van der Waals surface area contributed by atoms with E-state index in [0.29, 0.717) is 12.5 Å². The first-order valence-corrected chi connectivity index (χ1v) is 8.78. The number of nitrogens with two attached hydrogens (primary N) is 1. The fourth-order valence-corrected chi connectivity index (χ4v) is 2.58. The van der Waals surface area contributed by atoms with Crippen LogP contribution in [0.5, 0.6) is 5.75 Å². The largest absolute Gasteiger partial charge is 0.491 e. The Labute approximate surface area is 146 Å². The molecule has 0 aliphatic heterocycles. The zero-order chi connectivity index (χ0) is 17.5. The zero-order valence-corrected chi connectivity index (χ0v) is 15.4. The van der Waals surface area contributed by atoms with Gasteiger partial charge in [-0.1, -0.05) is 32.0 Å². The van der Waals surface area contributed by atoms with Crippen molar-refractivity contribution in [3.63, 3.8) is 0 Å². The van der Waals surface area contributed by atoms with Crippen LogP contribution in [-0.4, -0.2) is 13.2 Å². The van der Waals surface area contributed by atoms with Crippen molar-refractivity contribution >= 4 is 11.4 Å². The molecule has 2 aromatic rings. The molecular weight excluding hydrogens is 296 g/mol. The predicted octanol–water partition coefficient (Wildman–Crippen LogP) is 4.97. The molecule has 0 atom stereocenters. The number of nitrogens with one attached hydrogen (secondary N) is 1. The standard InChI is InChI=1S/C21H30N2O/c1-15(2)14-24-21-10-9-18(13-19(21)22)6-5-11-23-20-12-16(3)7-8-17(20)4/h7-10,12-13,15,23H,5-6,11,14,22H2,1-4H3. The maximum Gasteiger partial charge on any atom is 0.142 e. The Morgan fingerprint density at radius 2 is 1.88 bits per heavy atom. The van der Waals surface area contributed by atoms with Crippen molar-refractivity contribution in [2.24, 2.45) is 5.92 Å². The number of aryl methyl sites for hydroxylation is 3. The predicted molar refractivity (Wildman–Crippen MR) is 104 cm³/mol. The van der Waals surface area contributed by atoms with Gasteiger partial charge in [0, 0.05) is 12.2 Å². The van der Waals surface area contributed by atoms with E-state index < -0.39 is 0 Å². The summed E-state index contributed by atoms with van der Waals surface area (Å²) in [7, 11) is 0. The topological polar surface area (TPSA) is 47.3 Å². The van der Waals surface area contributed by atoms with Crippen molar-refractivity contribution < 1.29 is 4.74 Å². The first kappa shape index (κ1) is 18.2. The van der Waals surface area contributed by atoms with Gasteiger partial charge >= 0.3 is 0 Å². The molecule has 0 heterocycles. The summed E-state index contributed by atoms with van der Waals surface area (Å²) in [5.41, 5.74) is 11.9. The molecule has 0 aromatic heterocycles. The maximum atomic E-state index is 6.10. The van der Waals surface area contributed by atoms with Gasteiger partial charge in [0.05, 0.1) is 12.3 Å². The second-order valence-corrected chi connectivity index (χ2v) is 6.93. The summed E-state index contributed by atoms with van der Waals surface area (Å²) < 4.78 is 5.72. The van der Waals surface area contributed by atoms with Gasteiger partial charge in [0.2, 0.25) is 0 Å². The van der Waals surface area contributed by atoms with Crippen molar-refractivity contribution in [1.29, 1.82) is 0 Å². The monoisotopic (exact) mass is 326 g/mol. The van der Waals surface area contributed by atoms with Crippen molar-refractivity contribution in [3.05, 3.63) is 53.1 Å². The van der Waals surface area contributed by atoms with Crippen LogP contribution in [0.15, 0.2) is 36.4 Å². The molecule has 0 aliphatic rings. The third-order valence-electron chi connectivity index (χ3n) is 4.00. The number of hydrogen-bond donors (Lipinski definition) is 2. The molecule has 3 nitrogen and oxygen atoms in total. The second-order valence-electron chi connectivity index (χ2n) is 6.93. The molecular formula is C21H30N2O. The molecule has 0 fully saturated rings. The average molecular weight is 326 g/mol. The fourth-order valence-electron chi connectivity index (χ4n) is 2.58. The Bertz CT molecular complexity index is 665. The summed E-state index contributed by atoms with van der Waals surface area (Å²) in [4.78, 5) is 0. The Morgan fingerprint density at radius 1 is 1.08 bits per heavy atom. The molecule has 2 aromatic carbocycles. The molecule has 0 unspecified atom stereocenters. The summed E-state index contributed by atoms with van der Waals surface area (Å²) in [5.74, 6) is 1.29. The highest BCUT2D eigenvalue weighted by Gasteiger charge is 2.04. The normalized spacial score (nSPS) is 10.9. The van der Waals surface area contributed by atoms with Crippen molar-refractivity contribution in [3.8, 4) is 5.75 Å². The number of benzene rings is 2. The highest BCUT2D eigenvalue weighted by atomic mass is 16.5. The molecule has 24 heavy (non-hydrogen) atoms. The van der Waals surface area contributed by atoms with Crippen LogP contribution in [0.1, 0.15) is 37.0 Å². The van der Waals surface area contributed by atoms with E-state index in [0.717, 1.165) is 30.8 Å². The van der Waals surface area contributed by atoms with E-state index in [1.165, 1.54) is 22.4 Å². The lowest BCUT2D eigenvalue weighted by Crippen LogP contribution is -2.07. The maximum absolute atomic E-state index is 6.10. The molecule has 3 heteroatoms. The molecule has 0 saturated carbocycles. The third-order valence-corrected chi connectivity index (χ3v) is 4.00. The first-order chi connectivity index (χ1) is 11.5. The van der Waals surface area contributed by atoms with Gasteiger partial charge in [0.1, 0.15) is 5.75 Å². The molecule has 130 valence electrons. The van der Waals surface area contributed by atoms with Gasteiger partial charge in [0.15, 0.2) is 0 Å². The van der Waals surface area contributed by atoms with E-state index >= 15 is 0 Å². The molecule has 0 bridgehead atoms. The minimum Gasteiger partial charge on any atom is -0.491 e. The average Bonchev–Trinajstić information content (AvgIpc) is 2.53. The van der Waals surface area contributed by atoms with Crippen LogP contribution in [0.4, 0.5) is 11.4 Å². The van der Waals surface area contributed by atoms with Gasteiger partial charge in [-0.05, 0) is 67.5 Å². The van der Waals surface area contributed by atoms with Gasteiger partial charge in [-0.2, -0.15) is 0 Å². The van der Waals surface area contributed by atoms with Gasteiger partial charge in [-0.25, -0.2) is 0 Å². The zero-order valence-electron chi connectivity index (χ0n) is 15.4. The van der Waals surface area contributed by atoms with E-state index in [1.807, 2.05) is 12.1 Å². The quantitative estimate of drug-likeness (QED) is 0.532. The fraction of sp³-hybridized carbons (Fsp3) is 0.429. The Morgan fingerprint density at radius 3 is 2.58 bits per heavy atom. The van der Waals surface area contributed by atoms with Gasteiger partial charge in [0.25, 0.3) is 0 Å². The Balaban J connectivity index is 1.82. The van der Waals surface area contributed by atoms with Gasteiger partial charge in [-0.3, -0.25) is 0 Å². The summed E-state index contributed by atoms with van der Waals surface area (Å²) >= 11 is 0. The minimum absolute atomic E-state index is 0.500. The first-order valence-electron chi connectivity index (χ1n) is 8.78. The highest BCUT2D eigenvalue weighted by Crippen LogP contribution is 2.24. The smallest absolute Gasteiger partial charge is 0.142 e. The lowest BCUT2D eigenvalue weighted by Gasteiger charge is -2.13. The number of anilines is 2. The summed E-state index contributed by atoms with van der Waals surface area (Å²) in [5, 5.41) is 3.53. The van der Waals surface area contributed by atoms with Crippen LogP contribution in [-0.2, 0) is 6.42 Å². The molecule has 2 rings (SSSR count). The van der Waals surface area contributed by atoms with Crippen LogP contribution >= 0.6 is 0 Å². The van der Waals surface area contributed by atoms with Crippen LogP contribution in [0, 0.1) is 19.8 Å². The Hall–Kier alpha value is -2.16. The second kappa shape index (κ2) is 8.62. The Kier molecular flexibility index (Phi) is 6.53. The highest BCUT2D eigenvalue weighted by molar-refractivity contribution is 5.54. The number of nitrogen functional groups attached to an aromatic ring is 1. The van der Waals surface area contributed by atoms with Crippen molar-refractivity contribution in [2.45, 2.75) is 40.5 Å². The van der Waals surface area contributed by atoms with E-state index in [4.69, 9.17) is 10.5 Å². The van der Waals surface area contributed by atoms with Crippen LogP contribution < -0.4 is 15.8 Å². The molecule has 0 aliphatic carbocycles. The summed E-state index contributed by atoms with van der Waals surface area (Å²) in [6, 6.07) is 12.7. The van der Waals surface area contributed by atoms with Crippen molar-refractivity contribution in [1.82, 2.24) is 0 Å². The number of hydrogen-bond acceptors (Lipinski definition) is 3. The van der Waals surface area contributed by atoms with E-state index in [9.17, 15) is 0 Å². The van der Waals surface area contributed by atoms with E-state index in [-0.39, 0.29) is 0 Å². The molecule has 0 amide bonds. The lowest BCUT2D eigenvalue weighted by atomic mass is 10.1.